The lowest BCUT2D eigenvalue weighted by Crippen LogP contribution is -2.10. The molecule has 17 heavy (non-hydrogen) atoms. The lowest BCUT2D eigenvalue weighted by atomic mass is 10.4. The smallest absolute Gasteiger partial charge is 0.301 e. The summed E-state index contributed by atoms with van der Waals surface area (Å²) in [4.78, 5) is 14.9. The van der Waals surface area contributed by atoms with Gasteiger partial charge in [0.2, 0.25) is 6.33 Å². The zero-order chi connectivity index (χ0) is 13.5. The highest BCUT2D eigenvalue weighted by atomic mass is 16.1. The van der Waals surface area contributed by atoms with Gasteiger partial charge in [-0.3, -0.25) is 4.79 Å². The molecule has 2 heterocycles. The maximum absolute atomic E-state index is 9.81. The minimum atomic E-state index is 0.719. The van der Waals surface area contributed by atoms with Gasteiger partial charge in [0.15, 0.2) is 0 Å². The Hall–Kier alpha value is -1.16. The molecule has 0 atom stereocenters. The molecule has 100 valence electrons. The monoisotopic (exact) mass is 242 g/mol. The van der Waals surface area contributed by atoms with E-state index in [1.165, 1.54) is 30.5 Å². The highest BCUT2D eigenvalue weighted by Crippen LogP contribution is 2.02. The molecular formula is C13H28N3O+. The molecule has 0 radical (unpaired) electrons. The van der Waals surface area contributed by atoms with Crippen molar-refractivity contribution in [1.29, 1.82) is 0 Å². The second-order valence-corrected chi connectivity index (χ2v) is 3.17. The van der Waals surface area contributed by atoms with Crippen LogP contribution < -0.4 is 4.98 Å². The summed E-state index contributed by atoms with van der Waals surface area (Å²) in [5.41, 5.74) is 0. The fraction of sp³-hybridized carbons (Fsp3) is 0.692. The van der Waals surface area contributed by atoms with E-state index < -0.39 is 0 Å². The highest BCUT2D eigenvalue weighted by Gasteiger charge is 2.03. The highest BCUT2D eigenvalue weighted by molar-refractivity contribution is 5.50. The van der Waals surface area contributed by atoms with Crippen LogP contribution in [0.2, 0.25) is 0 Å². The third-order valence-electron chi connectivity index (χ3n) is 2.02. The largest absolute Gasteiger partial charge is 0.306 e. The van der Waals surface area contributed by atoms with Crippen LogP contribution in [0.3, 0.4) is 0 Å². The lowest BCUT2D eigenvalue weighted by Gasteiger charge is -2.01. The number of carbonyl (C=O) groups excluding carboxylic acids is 1. The van der Waals surface area contributed by atoms with E-state index in [1.54, 1.807) is 18.7 Å². The van der Waals surface area contributed by atoms with Gasteiger partial charge in [-0.05, 0) is 33.0 Å². The van der Waals surface area contributed by atoms with Gasteiger partial charge < -0.3 is 4.90 Å². The Kier molecular flexibility index (Phi) is 15.9. The molecule has 0 spiro atoms. The third kappa shape index (κ3) is 11.1. The molecule has 1 fully saturated rings. The van der Waals surface area contributed by atoms with Crippen molar-refractivity contribution in [3.8, 4) is 0 Å². The van der Waals surface area contributed by atoms with Gasteiger partial charge in [-0.25, -0.2) is 4.98 Å². The van der Waals surface area contributed by atoms with Gasteiger partial charge in [0.25, 0.3) is 0 Å². The van der Waals surface area contributed by atoms with Crippen LogP contribution in [0.1, 0.15) is 40.5 Å². The number of nitrogens with zero attached hydrogens (tertiary/aromatic N) is 2. The number of carbonyl (C=O) groups is 1. The Morgan fingerprint density at radius 3 is 1.82 bits per heavy atom. The summed E-state index contributed by atoms with van der Waals surface area (Å²) < 4.78 is 1.39. The Morgan fingerprint density at radius 2 is 1.65 bits per heavy atom. The molecule has 4 nitrogen and oxygen atoms in total. The van der Waals surface area contributed by atoms with E-state index in [9.17, 15) is 4.79 Å². The molecule has 1 aliphatic heterocycles. The van der Waals surface area contributed by atoms with Gasteiger partial charge >= 0.3 is 6.41 Å². The summed E-state index contributed by atoms with van der Waals surface area (Å²) in [6.45, 7) is 10.6. The van der Waals surface area contributed by atoms with Crippen molar-refractivity contribution < 1.29 is 9.78 Å². The standard InChI is InChI=1S/C5H11N.C4H4N2O.2C2H6/c1-6-4-2-3-5-6;7-4-6-2-1-5-3-6;2*1-2/h2-5H2,1H3;1-4H;2*1-2H3/p+1. The SMILES string of the molecule is CC.CC.CN1CCCC1.O=Cn1cc[nH+]c1. The maximum atomic E-state index is 9.81. The molecule has 1 aromatic heterocycles. The Balaban J connectivity index is 0. The third-order valence-corrected chi connectivity index (χ3v) is 2.02. The van der Waals surface area contributed by atoms with Gasteiger partial charge in [-0.2, -0.15) is 4.57 Å². The predicted molar refractivity (Wildman–Crippen MR) is 72.6 cm³/mol. The van der Waals surface area contributed by atoms with Crippen LogP contribution >= 0.6 is 0 Å². The summed E-state index contributed by atoms with van der Waals surface area (Å²) in [5, 5.41) is 0. The number of aromatic amines is 1. The van der Waals surface area contributed by atoms with E-state index in [1.807, 2.05) is 27.7 Å². The van der Waals surface area contributed by atoms with Crippen LogP contribution in [0.25, 0.3) is 0 Å². The summed E-state index contributed by atoms with van der Waals surface area (Å²) in [6, 6.07) is 0. The van der Waals surface area contributed by atoms with Crippen molar-refractivity contribution in [2.45, 2.75) is 40.5 Å². The molecule has 0 bridgehead atoms. The van der Waals surface area contributed by atoms with Gasteiger partial charge in [0.1, 0.15) is 12.4 Å². The fourth-order valence-electron chi connectivity index (χ4n) is 1.24. The van der Waals surface area contributed by atoms with E-state index in [4.69, 9.17) is 0 Å². The van der Waals surface area contributed by atoms with E-state index in [2.05, 4.69) is 16.9 Å². The number of hydrogen-bond acceptors (Lipinski definition) is 2. The van der Waals surface area contributed by atoms with Crippen molar-refractivity contribution in [2.75, 3.05) is 20.1 Å². The summed E-state index contributed by atoms with van der Waals surface area (Å²) in [7, 11) is 2.17. The minimum absolute atomic E-state index is 0.719. The van der Waals surface area contributed by atoms with Crippen LogP contribution in [-0.2, 0) is 4.79 Å². The van der Waals surface area contributed by atoms with Crippen LogP contribution in [0.15, 0.2) is 18.7 Å². The molecule has 0 unspecified atom stereocenters. The first-order valence-electron chi connectivity index (χ1n) is 6.50. The first kappa shape index (κ1) is 18.2. The zero-order valence-electron chi connectivity index (χ0n) is 11.9. The van der Waals surface area contributed by atoms with Gasteiger partial charge in [0, 0.05) is 0 Å². The normalized spacial score (nSPS) is 13.2. The topological polar surface area (TPSA) is 39.4 Å². The maximum Gasteiger partial charge on any atom is 0.301 e. The first-order valence-corrected chi connectivity index (χ1v) is 6.50. The second-order valence-electron chi connectivity index (χ2n) is 3.17. The lowest BCUT2D eigenvalue weighted by molar-refractivity contribution is -0.376. The molecule has 1 N–H and O–H groups in total. The summed E-state index contributed by atoms with van der Waals surface area (Å²) in [5.74, 6) is 0. The number of likely N-dealkylation sites (tertiary alicyclic amines) is 1. The summed E-state index contributed by atoms with van der Waals surface area (Å²) >= 11 is 0. The average Bonchev–Trinajstić information content (AvgIpc) is 3.07. The Morgan fingerprint density at radius 1 is 1.12 bits per heavy atom. The molecule has 0 amide bonds. The predicted octanol–water partition coefficient (Wildman–Crippen LogP) is 2.10. The quantitative estimate of drug-likeness (QED) is 0.708. The van der Waals surface area contributed by atoms with E-state index in [0.717, 1.165) is 6.41 Å². The van der Waals surface area contributed by atoms with Crippen molar-refractivity contribution in [1.82, 2.24) is 9.47 Å². The second kappa shape index (κ2) is 14.8. The molecule has 1 saturated heterocycles. The van der Waals surface area contributed by atoms with E-state index >= 15 is 0 Å². The number of rotatable bonds is 1. The van der Waals surface area contributed by atoms with Gasteiger partial charge in [0.05, 0.1) is 0 Å². The number of hydrogen-bond donors (Lipinski definition) is 0. The molecule has 0 aliphatic carbocycles. The van der Waals surface area contributed by atoms with Crippen molar-refractivity contribution >= 4 is 6.41 Å². The number of nitrogens with one attached hydrogen (secondary N) is 1. The fourth-order valence-corrected chi connectivity index (χ4v) is 1.24. The first-order chi connectivity index (χ1) is 8.33. The molecule has 4 heteroatoms. The van der Waals surface area contributed by atoms with E-state index in [0.29, 0.717) is 0 Å². The number of aromatic nitrogens is 2. The Labute approximate surface area is 106 Å². The van der Waals surface area contributed by atoms with Crippen LogP contribution in [0.4, 0.5) is 0 Å². The minimum Gasteiger partial charge on any atom is -0.306 e. The van der Waals surface area contributed by atoms with Gasteiger partial charge in [-0.15, -0.1) is 0 Å². The molecule has 2 rings (SSSR count). The van der Waals surface area contributed by atoms with Crippen molar-refractivity contribution in [3.63, 3.8) is 0 Å². The van der Waals surface area contributed by atoms with Crippen LogP contribution in [0, 0.1) is 0 Å². The van der Waals surface area contributed by atoms with Crippen LogP contribution in [-0.4, -0.2) is 36.0 Å². The number of imidazole rings is 1. The molecule has 0 aromatic carbocycles. The van der Waals surface area contributed by atoms with Crippen LogP contribution in [0.5, 0.6) is 0 Å². The summed E-state index contributed by atoms with van der Waals surface area (Å²) in [6.07, 6.45) is 8.41. The molecule has 1 aromatic rings. The van der Waals surface area contributed by atoms with Crippen molar-refractivity contribution in [3.05, 3.63) is 18.7 Å². The molecular weight excluding hydrogens is 214 g/mol. The Bertz CT molecular complexity index is 229. The van der Waals surface area contributed by atoms with E-state index in [-0.39, 0.29) is 0 Å². The average molecular weight is 242 g/mol. The molecule has 0 saturated carbocycles. The number of H-pyrrole nitrogens is 1. The zero-order valence-corrected chi connectivity index (χ0v) is 11.9. The van der Waals surface area contributed by atoms with Gasteiger partial charge in [-0.1, -0.05) is 27.7 Å². The van der Waals surface area contributed by atoms with Crippen molar-refractivity contribution in [2.24, 2.45) is 0 Å². The molecule has 1 aliphatic rings.